The van der Waals surface area contributed by atoms with E-state index in [1.165, 1.54) is 6.07 Å². The molecule has 1 aromatic carbocycles. The molecule has 1 aliphatic rings. The van der Waals surface area contributed by atoms with Crippen molar-refractivity contribution in [2.24, 2.45) is 0 Å². The van der Waals surface area contributed by atoms with Crippen LogP contribution in [-0.4, -0.2) is 36.6 Å². The first-order valence-corrected chi connectivity index (χ1v) is 5.73. The summed E-state index contributed by atoms with van der Waals surface area (Å²) >= 11 is 0. The van der Waals surface area contributed by atoms with E-state index in [9.17, 15) is 14.7 Å². The number of carboxylic acid groups (broad SMARTS) is 1. The number of hydrogen-bond donors (Lipinski definition) is 3. The highest BCUT2D eigenvalue weighted by atomic mass is 16.4. The van der Waals surface area contributed by atoms with Crippen LogP contribution in [-0.2, 0) is 4.79 Å². The number of anilines is 2. The molecule has 0 bridgehead atoms. The van der Waals surface area contributed by atoms with Crippen molar-refractivity contribution in [3.05, 3.63) is 23.8 Å². The first-order chi connectivity index (χ1) is 8.59. The van der Waals surface area contributed by atoms with E-state index in [4.69, 9.17) is 5.73 Å². The van der Waals surface area contributed by atoms with Crippen molar-refractivity contribution in [1.29, 1.82) is 0 Å². The molecule has 0 atom stereocenters. The Kier molecular flexibility index (Phi) is 3.36. The second-order valence-electron chi connectivity index (χ2n) is 4.17. The Balaban J connectivity index is 2.42. The normalized spacial score (nSPS) is 16.0. The van der Waals surface area contributed by atoms with E-state index >= 15 is 0 Å². The molecule has 18 heavy (non-hydrogen) atoms. The van der Waals surface area contributed by atoms with Crippen LogP contribution in [0.2, 0.25) is 0 Å². The zero-order valence-electron chi connectivity index (χ0n) is 9.85. The van der Waals surface area contributed by atoms with Gasteiger partial charge in [-0.3, -0.25) is 4.79 Å². The highest BCUT2D eigenvalue weighted by Crippen LogP contribution is 2.28. The summed E-state index contributed by atoms with van der Waals surface area (Å²) in [6, 6.07) is 4.74. The van der Waals surface area contributed by atoms with E-state index in [-0.39, 0.29) is 18.0 Å². The number of nitrogens with zero attached hydrogens (tertiary/aromatic N) is 1. The van der Waals surface area contributed by atoms with Crippen LogP contribution < -0.4 is 16.0 Å². The van der Waals surface area contributed by atoms with Gasteiger partial charge in [0.15, 0.2) is 0 Å². The maximum atomic E-state index is 11.5. The van der Waals surface area contributed by atoms with Gasteiger partial charge in [-0.05, 0) is 18.6 Å². The number of nitrogens with two attached hydrogens (primary N) is 1. The van der Waals surface area contributed by atoms with E-state index in [2.05, 4.69) is 5.32 Å². The Hall–Kier alpha value is -2.24. The SMILES string of the molecule is Nc1cccc(C(=O)O)c1N1CCCNC(=O)C1. The maximum absolute atomic E-state index is 11.5. The van der Waals surface area contributed by atoms with Crippen LogP contribution in [0.15, 0.2) is 18.2 Å². The Morgan fingerprint density at radius 1 is 1.44 bits per heavy atom. The van der Waals surface area contributed by atoms with Crippen molar-refractivity contribution in [3.63, 3.8) is 0 Å². The van der Waals surface area contributed by atoms with Crippen LogP contribution >= 0.6 is 0 Å². The molecule has 1 amide bonds. The smallest absolute Gasteiger partial charge is 0.337 e. The molecule has 1 aliphatic heterocycles. The van der Waals surface area contributed by atoms with Gasteiger partial charge < -0.3 is 21.1 Å². The number of nitrogens with one attached hydrogen (secondary N) is 1. The summed E-state index contributed by atoms with van der Waals surface area (Å²) in [7, 11) is 0. The average Bonchev–Trinajstić information content (AvgIpc) is 2.53. The molecule has 0 unspecified atom stereocenters. The van der Waals surface area contributed by atoms with E-state index in [0.717, 1.165) is 6.42 Å². The molecule has 4 N–H and O–H groups in total. The maximum Gasteiger partial charge on any atom is 0.337 e. The van der Waals surface area contributed by atoms with Crippen LogP contribution in [0.4, 0.5) is 11.4 Å². The number of para-hydroxylation sites is 1. The number of carboxylic acids is 1. The summed E-state index contributed by atoms with van der Waals surface area (Å²) in [6.45, 7) is 1.34. The average molecular weight is 249 g/mol. The molecule has 0 spiro atoms. The van der Waals surface area contributed by atoms with Crippen molar-refractivity contribution in [1.82, 2.24) is 5.32 Å². The van der Waals surface area contributed by atoms with Gasteiger partial charge in [0.05, 0.1) is 23.5 Å². The molecule has 2 rings (SSSR count). The topological polar surface area (TPSA) is 95.7 Å². The Morgan fingerprint density at radius 2 is 2.22 bits per heavy atom. The minimum absolute atomic E-state index is 0.118. The van der Waals surface area contributed by atoms with Gasteiger partial charge in [0.25, 0.3) is 0 Å². The molecular weight excluding hydrogens is 234 g/mol. The summed E-state index contributed by atoms with van der Waals surface area (Å²) in [5.74, 6) is -1.16. The fourth-order valence-electron chi connectivity index (χ4n) is 2.08. The molecule has 96 valence electrons. The monoisotopic (exact) mass is 249 g/mol. The third kappa shape index (κ3) is 2.37. The predicted molar refractivity (Wildman–Crippen MR) is 67.7 cm³/mol. The molecule has 0 aromatic heterocycles. The number of carbonyl (C=O) groups is 2. The van der Waals surface area contributed by atoms with Gasteiger partial charge in [-0.25, -0.2) is 4.79 Å². The first kappa shape index (κ1) is 12.2. The second kappa shape index (κ2) is 4.95. The number of amides is 1. The lowest BCUT2D eigenvalue weighted by Crippen LogP contribution is -2.34. The van der Waals surface area contributed by atoms with Crippen LogP contribution in [0.5, 0.6) is 0 Å². The number of rotatable bonds is 2. The van der Waals surface area contributed by atoms with Crippen molar-refractivity contribution in [3.8, 4) is 0 Å². The van der Waals surface area contributed by atoms with Gasteiger partial charge in [0.1, 0.15) is 0 Å². The van der Waals surface area contributed by atoms with Crippen LogP contribution in [0.3, 0.4) is 0 Å². The lowest BCUT2D eigenvalue weighted by Gasteiger charge is -2.24. The zero-order valence-corrected chi connectivity index (χ0v) is 9.85. The summed E-state index contributed by atoms with van der Waals surface area (Å²) < 4.78 is 0. The highest BCUT2D eigenvalue weighted by Gasteiger charge is 2.22. The molecule has 0 radical (unpaired) electrons. The van der Waals surface area contributed by atoms with Crippen molar-refractivity contribution < 1.29 is 14.7 Å². The summed E-state index contributed by atoms with van der Waals surface area (Å²) in [5, 5.41) is 11.9. The lowest BCUT2D eigenvalue weighted by molar-refractivity contribution is -0.119. The fraction of sp³-hybridized carbons (Fsp3) is 0.333. The minimum atomic E-state index is -1.04. The summed E-state index contributed by atoms with van der Waals surface area (Å²) in [4.78, 5) is 24.4. The standard InChI is InChI=1S/C12H15N3O3/c13-9-4-1-3-8(12(17)18)11(9)15-6-2-5-14-10(16)7-15/h1,3-4H,2,5-7,13H2,(H,14,16)(H,17,18). The largest absolute Gasteiger partial charge is 0.478 e. The molecule has 0 aliphatic carbocycles. The Morgan fingerprint density at radius 3 is 2.94 bits per heavy atom. The highest BCUT2D eigenvalue weighted by molar-refractivity contribution is 5.99. The molecule has 6 nitrogen and oxygen atoms in total. The van der Waals surface area contributed by atoms with Crippen LogP contribution in [0, 0.1) is 0 Å². The molecule has 1 heterocycles. The van der Waals surface area contributed by atoms with Gasteiger partial charge in [0, 0.05) is 13.1 Å². The molecule has 6 heteroatoms. The molecular formula is C12H15N3O3. The zero-order chi connectivity index (χ0) is 13.1. The Bertz CT molecular complexity index is 487. The van der Waals surface area contributed by atoms with E-state index in [1.807, 2.05) is 0 Å². The molecule has 1 aromatic rings. The Labute approximate surface area is 104 Å². The lowest BCUT2D eigenvalue weighted by atomic mass is 10.1. The molecule has 1 saturated heterocycles. The van der Waals surface area contributed by atoms with Gasteiger partial charge in [-0.2, -0.15) is 0 Å². The predicted octanol–water partition coefficient (Wildman–Crippen LogP) is 0.293. The summed E-state index contributed by atoms with van der Waals surface area (Å²) in [5.41, 5.74) is 6.79. The van der Waals surface area contributed by atoms with E-state index < -0.39 is 5.97 Å². The van der Waals surface area contributed by atoms with Gasteiger partial charge in [0.2, 0.25) is 5.91 Å². The van der Waals surface area contributed by atoms with Gasteiger partial charge in [-0.1, -0.05) is 6.07 Å². The number of carbonyl (C=O) groups excluding carboxylic acids is 1. The van der Waals surface area contributed by atoms with Gasteiger partial charge >= 0.3 is 5.97 Å². The number of hydrogen-bond acceptors (Lipinski definition) is 4. The number of aromatic carboxylic acids is 1. The van der Waals surface area contributed by atoms with E-state index in [0.29, 0.717) is 24.5 Å². The van der Waals surface area contributed by atoms with Crippen molar-refractivity contribution >= 4 is 23.3 Å². The molecule has 1 fully saturated rings. The van der Waals surface area contributed by atoms with E-state index in [1.54, 1.807) is 17.0 Å². The quantitative estimate of drug-likeness (QED) is 0.655. The molecule has 0 saturated carbocycles. The van der Waals surface area contributed by atoms with Crippen molar-refractivity contribution in [2.75, 3.05) is 30.3 Å². The van der Waals surface area contributed by atoms with Crippen LogP contribution in [0.1, 0.15) is 16.8 Å². The number of benzene rings is 1. The van der Waals surface area contributed by atoms with Gasteiger partial charge in [-0.15, -0.1) is 0 Å². The minimum Gasteiger partial charge on any atom is -0.478 e. The van der Waals surface area contributed by atoms with Crippen LogP contribution in [0.25, 0.3) is 0 Å². The number of nitrogen functional groups attached to an aromatic ring is 1. The first-order valence-electron chi connectivity index (χ1n) is 5.73. The summed E-state index contributed by atoms with van der Waals surface area (Å²) in [6.07, 6.45) is 0.763. The second-order valence-corrected chi connectivity index (χ2v) is 4.17. The van der Waals surface area contributed by atoms with Crippen molar-refractivity contribution in [2.45, 2.75) is 6.42 Å². The third-order valence-electron chi connectivity index (χ3n) is 2.88. The fourth-order valence-corrected chi connectivity index (χ4v) is 2.08. The third-order valence-corrected chi connectivity index (χ3v) is 2.88.